The van der Waals surface area contributed by atoms with Crippen LogP contribution in [0.5, 0.6) is 0 Å². The normalized spacial score (nSPS) is 21.3. The van der Waals surface area contributed by atoms with Crippen molar-refractivity contribution in [3.8, 4) is 0 Å². The number of hydrogen-bond donors (Lipinski definition) is 7. The number of unbranched alkanes of at least 4 members (excludes halogenated alkanes) is 26. The summed E-state index contributed by atoms with van der Waals surface area (Å²) in [5.41, 5.74) is 0. The van der Waals surface area contributed by atoms with Crippen LogP contribution in [0.1, 0.15) is 206 Å². The summed E-state index contributed by atoms with van der Waals surface area (Å²) in [6, 6.07) is -1.13. The number of hydrogen-bond acceptors (Lipinski definition) is 11. The smallest absolute Gasteiger partial charge is 0.394 e. The van der Waals surface area contributed by atoms with Gasteiger partial charge in [-0.1, -0.05) is 199 Å². The van der Waals surface area contributed by atoms with E-state index < -0.39 is 78.5 Å². The monoisotopic (exact) mass is 892 g/mol. The highest BCUT2D eigenvalue weighted by molar-refractivity contribution is 7.80. The maximum Gasteiger partial charge on any atom is 0.397 e. The molecule has 360 valence electrons. The van der Waals surface area contributed by atoms with Crippen LogP contribution in [-0.4, -0.2) is 107 Å². The Kier molecular flexibility index (Phi) is 35.7. The molecular weight excluding hydrogens is 803 g/mol. The van der Waals surface area contributed by atoms with Crippen molar-refractivity contribution < 1.29 is 57.0 Å². The van der Waals surface area contributed by atoms with Crippen molar-refractivity contribution >= 4 is 16.3 Å². The number of ether oxygens (including phenoxy) is 2. The predicted octanol–water partition coefficient (Wildman–Crippen LogP) is 8.69. The van der Waals surface area contributed by atoms with Gasteiger partial charge in [-0.15, -0.1) is 0 Å². The van der Waals surface area contributed by atoms with Crippen LogP contribution >= 0.6 is 0 Å². The molecule has 13 nitrogen and oxygen atoms in total. The maximum absolute atomic E-state index is 13.1. The summed E-state index contributed by atoms with van der Waals surface area (Å²) in [5.74, 6) is -0.711. The Labute approximate surface area is 370 Å². The first kappa shape index (κ1) is 57.6. The first-order chi connectivity index (χ1) is 29.4. The van der Waals surface area contributed by atoms with Crippen LogP contribution in [0.15, 0.2) is 24.3 Å². The third-order valence-corrected chi connectivity index (χ3v) is 12.1. The molecule has 8 unspecified atom stereocenters. The SMILES string of the molecule is CCCCCC/C=C/CC/C=C/C(O)C(COC1OC(CO)C(O)C(OS(=O)(=O)O)C1O)NC(=O)C(O)CCCCCCCCCCCCCCCCCCCCCCCC. The summed E-state index contributed by atoms with van der Waals surface area (Å²) < 4.78 is 47.4. The van der Waals surface area contributed by atoms with Gasteiger partial charge < -0.3 is 40.3 Å². The highest BCUT2D eigenvalue weighted by Gasteiger charge is 2.48. The van der Waals surface area contributed by atoms with E-state index in [4.69, 9.17) is 14.0 Å². The quantitative estimate of drug-likeness (QED) is 0.0175. The fraction of sp³-hybridized carbons (Fsp3) is 0.894. The van der Waals surface area contributed by atoms with Gasteiger partial charge in [0.1, 0.15) is 30.5 Å². The summed E-state index contributed by atoms with van der Waals surface area (Å²) in [5, 5.41) is 55.1. The largest absolute Gasteiger partial charge is 0.397 e. The van der Waals surface area contributed by atoms with Crippen LogP contribution < -0.4 is 5.32 Å². The first-order valence-corrected chi connectivity index (χ1v) is 25.7. The summed E-state index contributed by atoms with van der Waals surface area (Å²) in [4.78, 5) is 13.1. The molecule has 1 saturated heterocycles. The molecule has 7 N–H and O–H groups in total. The van der Waals surface area contributed by atoms with Crippen molar-refractivity contribution in [2.45, 2.75) is 255 Å². The molecule has 1 heterocycles. The standard InChI is InChI=1S/C47H89NO12S/c1-3-5-7-9-11-13-15-16-17-18-19-20-21-22-23-24-25-26-28-30-32-34-36-41(51)46(54)48-39(40(50)35-33-31-29-27-14-12-10-8-6-4-2)38-58-47-44(53)45(60-61(55,56)57)43(52)42(37-49)59-47/h14,27,33,35,39-45,47,49-53H,3-13,15-26,28-32,34,36-38H2,1-2H3,(H,48,54)(H,55,56,57)/b27-14+,35-33+. The molecule has 0 aromatic carbocycles. The van der Waals surface area contributed by atoms with Gasteiger partial charge in [-0.2, -0.15) is 8.42 Å². The van der Waals surface area contributed by atoms with Gasteiger partial charge in [0.05, 0.1) is 25.4 Å². The van der Waals surface area contributed by atoms with Crippen LogP contribution in [-0.2, 0) is 28.9 Å². The van der Waals surface area contributed by atoms with E-state index in [0.717, 1.165) is 38.5 Å². The molecule has 1 amide bonds. The number of amides is 1. The molecule has 8 atom stereocenters. The van der Waals surface area contributed by atoms with E-state index in [-0.39, 0.29) is 6.42 Å². The van der Waals surface area contributed by atoms with E-state index in [1.807, 2.05) is 0 Å². The average molecular weight is 892 g/mol. The molecule has 0 radical (unpaired) electrons. The van der Waals surface area contributed by atoms with Crippen molar-refractivity contribution in [1.29, 1.82) is 0 Å². The fourth-order valence-electron chi connectivity index (χ4n) is 7.71. The minimum absolute atomic E-state index is 0.240. The summed E-state index contributed by atoms with van der Waals surface area (Å²) in [6.07, 6.45) is 31.4. The van der Waals surface area contributed by atoms with E-state index in [0.29, 0.717) is 12.8 Å². The topological polar surface area (TPSA) is 212 Å². The molecule has 1 aliphatic heterocycles. The van der Waals surface area contributed by atoms with E-state index >= 15 is 0 Å². The maximum atomic E-state index is 13.1. The Morgan fingerprint density at radius 3 is 1.57 bits per heavy atom. The molecule has 0 aromatic rings. The van der Waals surface area contributed by atoms with Crippen LogP contribution in [0.25, 0.3) is 0 Å². The molecule has 1 rings (SSSR count). The second-order valence-electron chi connectivity index (χ2n) is 17.2. The van der Waals surface area contributed by atoms with Gasteiger partial charge in [0.15, 0.2) is 6.29 Å². The zero-order chi connectivity index (χ0) is 45.0. The average Bonchev–Trinajstić information content (AvgIpc) is 3.23. The lowest BCUT2D eigenvalue weighted by molar-refractivity contribution is -0.298. The molecule has 14 heteroatoms. The van der Waals surface area contributed by atoms with E-state index in [9.17, 15) is 38.7 Å². The molecule has 0 aromatic heterocycles. The summed E-state index contributed by atoms with van der Waals surface area (Å²) in [7, 11) is -5.12. The Bertz CT molecular complexity index is 1200. The van der Waals surface area contributed by atoms with Crippen molar-refractivity contribution in [1.82, 2.24) is 5.32 Å². The van der Waals surface area contributed by atoms with Gasteiger partial charge in [-0.3, -0.25) is 9.35 Å². The number of carbonyl (C=O) groups excluding carboxylic acids is 1. The van der Waals surface area contributed by atoms with Crippen molar-refractivity contribution in [2.24, 2.45) is 0 Å². The highest BCUT2D eigenvalue weighted by atomic mass is 32.3. The molecule has 1 fully saturated rings. The summed E-state index contributed by atoms with van der Waals surface area (Å²) >= 11 is 0. The number of rotatable bonds is 41. The third-order valence-electron chi connectivity index (χ3n) is 11.6. The second kappa shape index (κ2) is 37.9. The molecule has 0 bridgehead atoms. The molecular formula is C47H89NO12S. The van der Waals surface area contributed by atoms with Crippen LogP contribution in [0.3, 0.4) is 0 Å². The fourth-order valence-corrected chi connectivity index (χ4v) is 8.22. The third kappa shape index (κ3) is 30.3. The lowest BCUT2D eigenvalue weighted by atomic mass is 9.99. The minimum atomic E-state index is -5.12. The number of carbonyl (C=O) groups is 1. The van der Waals surface area contributed by atoms with Crippen molar-refractivity contribution in [3.05, 3.63) is 24.3 Å². The number of nitrogens with one attached hydrogen (secondary N) is 1. The van der Waals surface area contributed by atoms with Gasteiger partial charge in [0.25, 0.3) is 0 Å². The zero-order valence-electron chi connectivity index (χ0n) is 38.1. The first-order valence-electron chi connectivity index (χ1n) is 24.3. The van der Waals surface area contributed by atoms with Gasteiger partial charge in [0, 0.05) is 0 Å². The molecule has 0 saturated carbocycles. The van der Waals surface area contributed by atoms with E-state index in [2.05, 4.69) is 35.5 Å². The Morgan fingerprint density at radius 1 is 0.656 bits per heavy atom. The lowest BCUT2D eigenvalue weighted by Crippen LogP contribution is -2.61. The van der Waals surface area contributed by atoms with Crippen molar-refractivity contribution in [2.75, 3.05) is 13.2 Å². The predicted molar refractivity (Wildman–Crippen MR) is 242 cm³/mol. The Balaban J connectivity index is 2.44. The number of allylic oxidation sites excluding steroid dienone is 3. The van der Waals surface area contributed by atoms with E-state index in [1.54, 1.807) is 6.08 Å². The minimum Gasteiger partial charge on any atom is -0.394 e. The van der Waals surface area contributed by atoms with Gasteiger partial charge >= 0.3 is 10.4 Å². The van der Waals surface area contributed by atoms with Gasteiger partial charge in [-0.05, 0) is 32.1 Å². The van der Waals surface area contributed by atoms with Crippen LogP contribution in [0.2, 0.25) is 0 Å². The Hall–Kier alpha value is -1.46. The van der Waals surface area contributed by atoms with E-state index in [1.165, 1.54) is 141 Å². The van der Waals surface area contributed by atoms with Crippen LogP contribution in [0, 0.1) is 0 Å². The molecule has 61 heavy (non-hydrogen) atoms. The molecule has 0 spiro atoms. The number of aliphatic hydroxyl groups excluding tert-OH is 5. The number of aliphatic hydroxyl groups is 5. The van der Waals surface area contributed by atoms with Gasteiger partial charge in [0.2, 0.25) is 5.91 Å². The highest BCUT2D eigenvalue weighted by Crippen LogP contribution is 2.26. The van der Waals surface area contributed by atoms with Crippen LogP contribution in [0.4, 0.5) is 0 Å². The van der Waals surface area contributed by atoms with Gasteiger partial charge in [-0.25, -0.2) is 4.18 Å². The second-order valence-corrected chi connectivity index (χ2v) is 18.2. The zero-order valence-corrected chi connectivity index (χ0v) is 38.9. The molecule has 0 aliphatic carbocycles. The lowest BCUT2D eigenvalue weighted by Gasteiger charge is -2.41. The molecule has 1 aliphatic rings. The Morgan fingerprint density at radius 2 is 1.10 bits per heavy atom. The van der Waals surface area contributed by atoms with Crippen molar-refractivity contribution in [3.63, 3.8) is 0 Å². The summed E-state index contributed by atoms with van der Waals surface area (Å²) in [6.45, 7) is 3.17.